The molecule has 3 heterocycles. The molecule has 156 valence electrons. The Balaban J connectivity index is 1.31. The van der Waals surface area contributed by atoms with Crippen LogP contribution >= 0.6 is 0 Å². The standard InChI is InChI=1S/C24H18N6O2/c31-23(16-32-20-6-2-1-3-7-20)26-19-10-8-17(9-11-19)21-12-13-22-27-28-24(30(22)29-21)18-5-4-14-25-15-18/h1-15H,16H2,(H,26,31). The van der Waals surface area contributed by atoms with Crippen molar-refractivity contribution in [3.05, 3.63) is 91.3 Å². The number of pyridine rings is 1. The first-order valence-corrected chi connectivity index (χ1v) is 9.97. The molecular weight excluding hydrogens is 404 g/mol. The summed E-state index contributed by atoms with van der Waals surface area (Å²) in [6.45, 7) is -0.0608. The van der Waals surface area contributed by atoms with Gasteiger partial charge in [-0.3, -0.25) is 9.78 Å². The van der Waals surface area contributed by atoms with Gasteiger partial charge in [-0.2, -0.15) is 9.61 Å². The molecule has 0 fully saturated rings. The van der Waals surface area contributed by atoms with Crippen LogP contribution in [0.25, 0.3) is 28.3 Å². The second kappa shape index (κ2) is 8.65. The van der Waals surface area contributed by atoms with Crippen LogP contribution in [0.2, 0.25) is 0 Å². The molecule has 0 atom stereocenters. The number of ether oxygens (including phenoxy) is 1. The highest BCUT2D eigenvalue weighted by molar-refractivity contribution is 5.92. The highest BCUT2D eigenvalue weighted by Gasteiger charge is 2.11. The predicted molar refractivity (Wildman–Crippen MR) is 120 cm³/mol. The van der Waals surface area contributed by atoms with Crippen LogP contribution in [0.4, 0.5) is 5.69 Å². The highest BCUT2D eigenvalue weighted by Crippen LogP contribution is 2.22. The van der Waals surface area contributed by atoms with E-state index < -0.39 is 0 Å². The van der Waals surface area contributed by atoms with E-state index in [0.29, 0.717) is 22.9 Å². The van der Waals surface area contributed by atoms with Gasteiger partial charge in [-0.05, 0) is 48.5 Å². The normalized spacial score (nSPS) is 10.8. The zero-order valence-electron chi connectivity index (χ0n) is 16.9. The lowest BCUT2D eigenvalue weighted by Crippen LogP contribution is -2.20. The van der Waals surface area contributed by atoms with Gasteiger partial charge in [-0.15, -0.1) is 10.2 Å². The van der Waals surface area contributed by atoms with Crippen molar-refractivity contribution in [2.45, 2.75) is 0 Å². The summed E-state index contributed by atoms with van der Waals surface area (Å²) in [6.07, 6.45) is 3.43. The fraction of sp³-hybridized carbons (Fsp3) is 0.0417. The average molecular weight is 422 g/mol. The van der Waals surface area contributed by atoms with Gasteiger partial charge in [-0.25, -0.2) is 0 Å². The molecule has 1 N–H and O–H groups in total. The molecule has 5 aromatic rings. The maximum Gasteiger partial charge on any atom is 0.262 e. The van der Waals surface area contributed by atoms with Crippen LogP contribution in [0, 0.1) is 0 Å². The van der Waals surface area contributed by atoms with Crippen molar-refractivity contribution < 1.29 is 9.53 Å². The summed E-state index contributed by atoms with van der Waals surface area (Å²) >= 11 is 0. The van der Waals surface area contributed by atoms with Crippen LogP contribution in [0.5, 0.6) is 5.75 Å². The molecule has 8 heteroatoms. The molecule has 0 bridgehead atoms. The first-order valence-electron chi connectivity index (χ1n) is 9.97. The minimum Gasteiger partial charge on any atom is -0.484 e. The van der Waals surface area contributed by atoms with Gasteiger partial charge in [0.1, 0.15) is 5.75 Å². The van der Waals surface area contributed by atoms with Gasteiger partial charge >= 0.3 is 0 Å². The number of nitrogens with zero attached hydrogens (tertiary/aromatic N) is 5. The van der Waals surface area contributed by atoms with E-state index in [4.69, 9.17) is 9.84 Å². The number of hydrogen-bond acceptors (Lipinski definition) is 6. The van der Waals surface area contributed by atoms with Gasteiger partial charge in [0.25, 0.3) is 5.91 Å². The average Bonchev–Trinajstić information content (AvgIpc) is 3.28. The second-order valence-corrected chi connectivity index (χ2v) is 6.98. The Morgan fingerprint density at radius 1 is 0.875 bits per heavy atom. The smallest absolute Gasteiger partial charge is 0.262 e. The molecule has 3 aromatic heterocycles. The van der Waals surface area contributed by atoms with E-state index in [1.165, 1.54) is 0 Å². The molecule has 1 amide bonds. The van der Waals surface area contributed by atoms with E-state index in [-0.39, 0.29) is 12.5 Å². The Bertz CT molecular complexity index is 1350. The summed E-state index contributed by atoms with van der Waals surface area (Å²) in [4.78, 5) is 16.3. The van der Waals surface area contributed by atoms with E-state index >= 15 is 0 Å². The van der Waals surface area contributed by atoms with Gasteiger partial charge in [0, 0.05) is 29.2 Å². The lowest BCUT2D eigenvalue weighted by molar-refractivity contribution is -0.118. The topological polar surface area (TPSA) is 94.3 Å². The van der Waals surface area contributed by atoms with Crippen LogP contribution in [0.15, 0.2) is 91.3 Å². The zero-order valence-corrected chi connectivity index (χ0v) is 16.9. The van der Waals surface area contributed by atoms with Crippen LogP contribution in [0.1, 0.15) is 0 Å². The maximum atomic E-state index is 12.2. The van der Waals surface area contributed by atoms with Gasteiger partial charge in [0.2, 0.25) is 0 Å². The molecular formula is C24H18N6O2. The number of rotatable bonds is 6. The minimum absolute atomic E-state index is 0.0608. The molecule has 32 heavy (non-hydrogen) atoms. The van der Waals surface area contributed by atoms with Crippen molar-refractivity contribution in [1.29, 1.82) is 0 Å². The van der Waals surface area contributed by atoms with Crippen LogP contribution in [0.3, 0.4) is 0 Å². The SMILES string of the molecule is O=C(COc1ccccc1)Nc1ccc(-c2ccc3nnc(-c4cccnc4)n3n2)cc1. The quantitative estimate of drug-likeness (QED) is 0.446. The third-order valence-electron chi connectivity index (χ3n) is 4.76. The van der Waals surface area contributed by atoms with Gasteiger partial charge in [0.05, 0.1) is 5.69 Å². The first kappa shape index (κ1) is 19.4. The highest BCUT2D eigenvalue weighted by atomic mass is 16.5. The molecule has 5 rings (SSSR count). The third-order valence-corrected chi connectivity index (χ3v) is 4.76. The number of hydrogen-bond donors (Lipinski definition) is 1. The van der Waals surface area contributed by atoms with Crippen molar-refractivity contribution in [2.24, 2.45) is 0 Å². The molecule has 8 nitrogen and oxygen atoms in total. The summed E-state index contributed by atoms with van der Waals surface area (Å²) in [6, 6.07) is 24.2. The first-order chi connectivity index (χ1) is 15.8. The van der Waals surface area contributed by atoms with Crippen LogP contribution < -0.4 is 10.1 Å². The molecule has 0 saturated carbocycles. The molecule has 2 aromatic carbocycles. The van der Waals surface area contributed by atoms with Gasteiger partial charge < -0.3 is 10.1 Å². The molecule has 0 radical (unpaired) electrons. The summed E-state index contributed by atoms with van der Waals surface area (Å²) in [5.41, 5.74) is 3.82. The Hall–Kier alpha value is -4.59. The van der Waals surface area contributed by atoms with Crippen molar-refractivity contribution >= 4 is 17.2 Å². The third kappa shape index (κ3) is 4.15. The molecule has 0 saturated heterocycles. The molecule has 0 aliphatic heterocycles. The zero-order chi connectivity index (χ0) is 21.8. The second-order valence-electron chi connectivity index (χ2n) is 6.98. The Labute approximate surface area is 183 Å². The molecule has 0 spiro atoms. The number of aromatic nitrogens is 5. The summed E-state index contributed by atoms with van der Waals surface area (Å²) in [7, 11) is 0. The van der Waals surface area contributed by atoms with Crippen molar-refractivity contribution in [1.82, 2.24) is 24.8 Å². The van der Waals surface area contributed by atoms with Crippen molar-refractivity contribution in [3.8, 4) is 28.4 Å². The number of carbonyl (C=O) groups is 1. The van der Waals surface area contributed by atoms with E-state index in [9.17, 15) is 4.79 Å². The van der Waals surface area contributed by atoms with E-state index in [1.54, 1.807) is 29.0 Å². The van der Waals surface area contributed by atoms with E-state index in [2.05, 4.69) is 20.5 Å². The van der Waals surface area contributed by atoms with Gasteiger partial charge in [0.15, 0.2) is 18.1 Å². The van der Waals surface area contributed by atoms with E-state index in [0.717, 1.165) is 16.8 Å². The van der Waals surface area contributed by atoms with Crippen LogP contribution in [-0.2, 0) is 4.79 Å². The fourth-order valence-electron chi connectivity index (χ4n) is 3.20. The minimum atomic E-state index is -0.230. The fourth-order valence-corrected chi connectivity index (χ4v) is 3.20. The Morgan fingerprint density at radius 3 is 2.50 bits per heavy atom. The number of amides is 1. The maximum absolute atomic E-state index is 12.2. The predicted octanol–water partition coefficient (Wildman–Crippen LogP) is 3.87. The number of para-hydroxylation sites is 1. The Morgan fingerprint density at radius 2 is 1.72 bits per heavy atom. The number of fused-ring (bicyclic) bond motifs is 1. The molecule has 0 aliphatic rings. The van der Waals surface area contributed by atoms with E-state index in [1.807, 2.05) is 66.7 Å². The molecule has 0 aliphatic carbocycles. The number of anilines is 1. The largest absolute Gasteiger partial charge is 0.484 e. The Kier molecular flexibility index (Phi) is 5.24. The summed E-state index contributed by atoms with van der Waals surface area (Å²) < 4.78 is 7.17. The monoisotopic (exact) mass is 422 g/mol. The summed E-state index contributed by atoms with van der Waals surface area (Å²) in [5.74, 6) is 1.04. The number of carbonyl (C=O) groups excluding carboxylic acids is 1. The lowest BCUT2D eigenvalue weighted by Gasteiger charge is -2.08. The van der Waals surface area contributed by atoms with Crippen molar-refractivity contribution in [2.75, 3.05) is 11.9 Å². The number of nitrogens with one attached hydrogen (secondary N) is 1. The molecule has 0 unspecified atom stereocenters. The van der Waals surface area contributed by atoms with Gasteiger partial charge in [-0.1, -0.05) is 30.3 Å². The summed E-state index contributed by atoms with van der Waals surface area (Å²) in [5, 5.41) is 15.9. The van der Waals surface area contributed by atoms with Crippen molar-refractivity contribution in [3.63, 3.8) is 0 Å². The van der Waals surface area contributed by atoms with Crippen LogP contribution in [-0.4, -0.2) is 37.3 Å². The number of benzene rings is 2. The lowest BCUT2D eigenvalue weighted by atomic mass is 10.1.